The molecular weight excluding hydrogens is 421 g/mol. The Morgan fingerprint density at radius 1 is 1.03 bits per heavy atom. The van der Waals surface area contributed by atoms with Crippen LogP contribution in [-0.4, -0.2) is 34.0 Å². The van der Waals surface area contributed by atoms with E-state index in [1.54, 1.807) is 24.3 Å². The van der Waals surface area contributed by atoms with Gasteiger partial charge in [-0.3, -0.25) is 9.69 Å². The van der Waals surface area contributed by atoms with E-state index in [4.69, 9.17) is 9.84 Å². The average Bonchev–Trinajstić information content (AvgIpc) is 2.78. The molecule has 1 aromatic heterocycles. The number of fused-ring (bicyclic) bond motifs is 1. The first-order chi connectivity index (χ1) is 15.4. The molecule has 1 N–H and O–H groups in total. The predicted octanol–water partition coefficient (Wildman–Crippen LogP) is 4.58. The fourth-order valence-corrected chi connectivity index (χ4v) is 3.65. The molecule has 1 aliphatic rings. The number of benzene rings is 2. The summed E-state index contributed by atoms with van der Waals surface area (Å²) >= 11 is 0. The van der Waals surface area contributed by atoms with Gasteiger partial charge in [-0.25, -0.2) is 18.2 Å². The molecule has 1 aliphatic heterocycles. The Hall–Kier alpha value is -3.39. The van der Waals surface area contributed by atoms with Crippen molar-refractivity contribution in [1.82, 2.24) is 9.88 Å². The molecule has 3 aromatic rings. The summed E-state index contributed by atoms with van der Waals surface area (Å²) in [6, 6.07) is 11.8. The lowest BCUT2D eigenvalue weighted by molar-refractivity contribution is -0.137. The zero-order valence-corrected chi connectivity index (χ0v) is 17.2. The zero-order valence-electron chi connectivity index (χ0n) is 17.2. The first-order valence-corrected chi connectivity index (χ1v) is 10.2. The fourth-order valence-electron chi connectivity index (χ4n) is 3.65. The summed E-state index contributed by atoms with van der Waals surface area (Å²) in [5, 5.41) is 8.84. The lowest BCUT2D eigenvalue weighted by Gasteiger charge is -2.28. The van der Waals surface area contributed by atoms with Crippen molar-refractivity contribution in [3.63, 3.8) is 0 Å². The van der Waals surface area contributed by atoms with Crippen LogP contribution in [0.25, 0.3) is 11.3 Å². The van der Waals surface area contributed by atoms with Gasteiger partial charge in [-0.1, -0.05) is 6.07 Å². The number of aliphatic carboxylic acids is 1. The van der Waals surface area contributed by atoms with E-state index in [0.29, 0.717) is 42.9 Å². The van der Waals surface area contributed by atoms with Gasteiger partial charge in [-0.2, -0.15) is 0 Å². The third kappa shape index (κ3) is 5.08. The Bertz CT molecular complexity index is 1140. The van der Waals surface area contributed by atoms with Crippen molar-refractivity contribution >= 4 is 5.97 Å². The van der Waals surface area contributed by atoms with Crippen LogP contribution in [0, 0.1) is 17.5 Å². The zero-order chi connectivity index (χ0) is 22.7. The van der Waals surface area contributed by atoms with Gasteiger partial charge in [-0.05, 0) is 53.6 Å². The largest absolute Gasteiger partial charge is 0.489 e. The monoisotopic (exact) mass is 442 g/mol. The SMILES string of the molecule is O=C(O)CCN1CCc2nc(-c3ccc(OCc4ccc(F)c(F)c4)cc3)c(F)cc2C1. The first-order valence-electron chi connectivity index (χ1n) is 10.2. The Labute approximate surface area is 183 Å². The lowest BCUT2D eigenvalue weighted by Crippen LogP contribution is -2.33. The second-order valence-electron chi connectivity index (χ2n) is 7.66. The number of pyridine rings is 1. The summed E-state index contributed by atoms with van der Waals surface area (Å²) in [5.41, 5.74) is 2.92. The van der Waals surface area contributed by atoms with Crippen LogP contribution in [0.1, 0.15) is 23.2 Å². The average molecular weight is 442 g/mol. The number of rotatable bonds is 7. The second kappa shape index (κ2) is 9.40. The Morgan fingerprint density at radius 3 is 2.53 bits per heavy atom. The van der Waals surface area contributed by atoms with Crippen LogP contribution in [0.3, 0.4) is 0 Å². The number of halogens is 3. The van der Waals surface area contributed by atoms with Crippen LogP contribution in [0.2, 0.25) is 0 Å². The van der Waals surface area contributed by atoms with E-state index in [2.05, 4.69) is 4.98 Å². The van der Waals surface area contributed by atoms with Crippen molar-refractivity contribution in [2.24, 2.45) is 0 Å². The van der Waals surface area contributed by atoms with Gasteiger partial charge in [0.15, 0.2) is 11.6 Å². The summed E-state index contributed by atoms with van der Waals surface area (Å²) in [5.74, 6) is -2.64. The normalized spacial score (nSPS) is 13.6. The third-order valence-electron chi connectivity index (χ3n) is 5.36. The van der Waals surface area contributed by atoms with E-state index >= 15 is 0 Å². The van der Waals surface area contributed by atoms with Gasteiger partial charge in [0.1, 0.15) is 23.9 Å². The van der Waals surface area contributed by atoms with Crippen molar-refractivity contribution in [3.05, 3.63) is 82.8 Å². The number of carboxylic acids is 1. The van der Waals surface area contributed by atoms with Gasteiger partial charge < -0.3 is 9.84 Å². The molecule has 0 fully saturated rings. The molecule has 4 rings (SSSR count). The number of ether oxygens (including phenoxy) is 1. The summed E-state index contributed by atoms with van der Waals surface area (Å²) < 4.78 is 46.7. The minimum atomic E-state index is -0.930. The third-order valence-corrected chi connectivity index (χ3v) is 5.36. The standard InChI is InChI=1S/C24H21F3N2O3/c25-19-6-1-15(11-20(19)26)14-32-18-4-2-16(3-5-18)24-21(27)12-17-13-29(10-8-23(30)31)9-7-22(17)28-24/h1-6,11-12H,7-10,13-14H2,(H,30,31). The number of hydrogen-bond donors (Lipinski definition) is 1. The topological polar surface area (TPSA) is 62.7 Å². The second-order valence-corrected chi connectivity index (χ2v) is 7.66. The molecule has 166 valence electrons. The van der Waals surface area contributed by atoms with Crippen LogP contribution in [0.15, 0.2) is 48.5 Å². The highest BCUT2D eigenvalue weighted by atomic mass is 19.2. The smallest absolute Gasteiger partial charge is 0.304 e. The van der Waals surface area contributed by atoms with Gasteiger partial charge in [0.2, 0.25) is 0 Å². The number of nitrogens with zero attached hydrogens (tertiary/aromatic N) is 2. The molecule has 0 amide bonds. The molecule has 0 spiro atoms. The highest BCUT2D eigenvalue weighted by Crippen LogP contribution is 2.28. The lowest BCUT2D eigenvalue weighted by atomic mass is 10.0. The van der Waals surface area contributed by atoms with E-state index in [0.717, 1.165) is 23.4 Å². The summed E-state index contributed by atoms with van der Waals surface area (Å²) in [6.07, 6.45) is 0.672. The summed E-state index contributed by atoms with van der Waals surface area (Å²) in [6.45, 7) is 1.64. The maximum atomic E-state index is 14.8. The number of carboxylic acid groups (broad SMARTS) is 1. The molecule has 0 unspecified atom stereocenters. The van der Waals surface area contributed by atoms with E-state index in [1.165, 1.54) is 12.1 Å². The molecule has 32 heavy (non-hydrogen) atoms. The van der Waals surface area contributed by atoms with Crippen molar-refractivity contribution in [2.75, 3.05) is 13.1 Å². The Balaban J connectivity index is 1.44. The highest BCUT2D eigenvalue weighted by Gasteiger charge is 2.21. The predicted molar refractivity (Wildman–Crippen MR) is 112 cm³/mol. The molecular formula is C24H21F3N2O3. The minimum absolute atomic E-state index is 0.0495. The molecule has 0 atom stereocenters. The number of carbonyl (C=O) groups is 1. The van der Waals surface area contributed by atoms with E-state index in [1.807, 2.05) is 4.90 Å². The van der Waals surface area contributed by atoms with Crippen LogP contribution < -0.4 is 4.74 Å². The molecule has 2 aromatic carbocycles. The van der Waals surface area contributed by atoms with Gasteiger partial charge in [0.05, 0.1) is 6.42 Å². The number of aromatic nitrogens is 1. The quantitative estimate of drug-likeness (QED) is 0.581. The maximum absolute atomic E-state index is 14.8. The molecule has 0 bridgehead atoms. The Kier molecular flexibility index (Phi) is 6.41. The summed E-state index contributed by atoms with van der Waals surface area (Å²) in [7, 11) is 0. The first kappa shape index (κ1) is 21.8. The van der Waals surface area contributed by atoms with E-state index in [9.17, 15) is 18.0 Å². The van der Waals surface area contributed by atoms with Gasteiger partial charge in [0, 0.05) is 37.3 Å². The Morgan fingerprint density at radius 2 is 1.81 bits per heavy atom. The van der Waals surface area contributed by atoms with Crippen LogP contribution in [-0.2, 0) is 24.4 Å². The molecule has 0 radical (unpaired) electrons. The van der Waals surface area contributed by atoms with Gasteiger partial charge >= 0.3 is 5.97 Å². The molecule has 0 saturated heterocycles. The molecule has 0 saturated carbocycles. The van der Waals surface area contributed by atoms with Crippen molar-refractivity contribution in [3.8, 4) is 17.0 Å². The van der Waals surface area contributed by atoms with Crippen molar-refractivity contribution < 1.29 is 27.8 Å². The fraction of sp³-hybridized carbons (Fsp3) is 0.250. The van der Waals surface area contributed by atoms with Crippen LogP contribution in [0.4, 0.5) is 13.2 Å². The molecule has 0 aliphatic carbocycles. The summed E-state index contributed by atoms with van der Waals surface area (Å²) in [4.78, 5) is 17.3. The molecule has 8 heteroatoms. The molecule has 5 nitrogen and oxygen atoms in total. The highest BCUT2D eigenvalue weighted by molar-refractivity contribution is 5.67. The van der Waals surface area contributed by atoms with Crippen molar-refractivity contribution in [2.45, 2.75) is 26.0 Å². The minimum Gasteiger partial charge on any atom is -0.489 e. The van der Waals surface area contributed by atoms with Crippen LogP contribution in [0.5, 0.6) is 5.75 Å². The molecule has 2 heterocycles. The van der Waals surface area contributed by atoms with Crippen molar-refractivity contribution in [1.29, 1.82) is 0 Å². The van der Waals surface area contributed by atoms with Crippen LogP contribution >= 0.6 is 0 Å². The van der Waals surface area contributed by atoms with E-state index < -0.39 is 23.4 Å². The van der Waals surface area contributed by atoms with E-state index in [-0.39, 0.29) is 18.7 Å². The van der Waals surface area contributed by atoms with Gasteiger partial charge in [0.25, 0.3) is 0 Å². The van der Waals surface area contributed by atoms with Gasteiger partial charge in [-0.15, -0.1) is 0 Å². The number of hydrogen-bond acceptors (Lipinski definition) is 4. The maximum Gasteiger partial charge on any atom is 0.304 e.